The molecule has 0 aliphatic carbocycles. The smallest absolute Gasteiger partial charge is 0.234 e. The number of carbonyl (C=O) groups excluding carboxylic acids is 1. The molecule has 28 heavy (non-hydrogen) atoms. The summed E-state index contributed by atoms with van der Waals surface area (Å²) in [5.41, 5.74) is 0.834. The molecule has 9 nitrogen and oxygen atoms in total. The fourth-order valence-corrected chi connectivity index (χ4v) is 3.41. The van der Waals surface area contributed by atoms with Gasteiger partial charge in [-0.2, -0.15) is 0 Å². The molecular weight excluding hydrogens is 356 g/mol. The zero-order valence-corrected chi connectivity index (χ0v) is 15.9. The normalized spacial score (nSPS) is 16.2. The minimum Gasteiger partial charge on any atom is -0.347 e. The first kappa shape index (κ1) is 18.3. The Morgan fingerprint density at radius 2 is 1.86 bits per heavy atom. The molecule has 0 saturated carbocycles. The summed E-state index contributed by atoms with van der Waals surface area (Å²) in [5.74, 6) is 1.41. The number of nitrogens with zero attached hydrogens (tertiary/aromatic N) is 7. The van der Waals surface area contributed by atoms with Crippen molar-refractivity contribution in [1.29, 1.82) is 0 Å². The second-order valence-electron chi connectivity index (χ2n) is 6.83. The van der Waals surface area contributed by atoms with E-state index in [2.05, 4.69) is 35.1 Å². The van der Waals surface area contributed by atoms with Crippen LogP contribution in [-0.4, -0.2) is 67.9 Å². The molecule has 1 N–H and O–H groups in total. The number of carbonyl (C=O) groups is 1. The van der Waals surface area contributed by atoms with Crippen LogP contribution in [0.4, 0.5) is 5.95 Å². The highest BCUT2D eigenvalue weighted by Gasteiger charge is 2.22. The van der Waals surface area contributed by atoms with Gasteiger partial charge in [0.2, 0.25) is 17.6 Å². The number of aromatic nitrogens is 5. The zero-order valence-electron chi connectivity index (χ0n) is 15.9. The maximum Gasteiger partial charge on any atom is 0.234 e. The monoisotopic (exact) mass is 380 g/mol. The van der Waals surface area contributed by atoms with Gasteiger partial charge in [0.1, 0.15) is 0 Å². The van der Waals surface area contributed by atoms with Gasteiger partial charge in [-0.1, -0.05) is 6.92 Å². The van der Waals surface area contributed by atoms with Crippen LogP contribution in [0.3, 0.4) is 0 Å². The Bertz CT molecular complexity index is 887. The molecule has 0 radical (unpaired) electrons. The number of anilines is 1. The summed E-state index contributed by atoms with van der Waals surface area (Å²) in [6, 6.07) is 3.55. The lowest BCUT2D eigenvalue weighted by atomic mass is 10.1. The van der Waals surface area contributed by atoms with Gasteiger partial charge in [0.15, 0.2) is 0 Å². The molecule has 4 rings (SSSR count). The maximum atomic E-state index is 12.6. The van der Waals surface area contributed by atoms with Crippen LogP contribution in [0.15, 0.2) is 43.1 Å². The summed E-state index contributed by atoms with van der Waals surface area (Å²) in [6.45, 7) is 5.66. The van der Waals surface area contributed by atoms with Crippen molar-refractivity contribution in [1.82, 2.24) is 34.6 Å². The van der Waals surface area contributed by atoms with Gasteiger partial charge in [0, 0.05) is 57.2 Å². The highest BCUT2D eigenvalue weighted by molar-refractivity contribution is 5.78. The van der Waals surface area contributed by atoms with E-state index in [1.165, 1.54) is 0 Å². The third kappa shape index (κ3) is 4.09. The molecule has 1 amide bonds. The van der Waals surface area contributed by atoms with Crippen molar-refractivity contribution in [3.63, 3.8) is 0 Å². The molecule has 4 heterocycles. The lowest BCUT2D eigenvalue weighted by Crippen LogP contribution is -2.50. The predicted molar refractivity (Wildman–Crippen MR) is 105 cm³/mol. The van der Waals surface area contributed by atoms with Crippen molar-refractivity contribution < 1.29 is 4.79 Å². The van der Waals surface area contributed by atoms with E-state index < -0.39 is 0 Å². The third-order valence-corrected chi connectivity index (χ3v) is 4.93. The van der Waals surface area contributed by atoms with Crippen molar-refractivity contribution in [3.05, 3.63) is 48.8 Å². The Kier molecular flexibility index (Phi) is 5.43. The molecule has 146 valence electrons. The number of hydrogen-bond acceptors (Lipinski definition) is 7. The van der Waals surface area contributed by atoms with Crippen LogP contribution in [0.2, 0.25) is 0 Å². The largest absolute Gasteiger partial charge is 0.347 e. The van der Waals surface area contributed by atoms with Crippen LogP contribution in [-0.2, 0) is 4.79 Å². The van der Waals surface area contributed by atoms with E-state index in [0.717, 1.165) is 44.2 Å². The molecule has 1 aliphatic heterocycles. The summed E-state index contributed by atoms with van der Waals surface area (Å²) in [7, 11) is 0. The van der Waals surface area contributed by atoms with E-state index in [4.69, 9.17) is 0 Å². The van der Waals surface area contributed by atoms with E-state index >= 15 is 0 Å². The molecule has 0 aromatic carbocycles. The van der Waals surface area contributed by atoms with Gasteiger partial charge in [-0.05, 0) is 18.6 Å². The minimum atomic E-state index is -0.117. The van der Waals surface area contributed by atoms with Crippen molar-refractivity contribution in [2.45, 2.75) is 19.4 Å². The molecule has 9 heteroatoms. The molecule has 1 fully saturated rings. The number of hydrogen-bond donors (Lipinski definition) is 1. The fourth-order valence-electron chi connectivity index (χ4n) is 3.41. The standard InChI is InChI=1S/C19H24N8O/c1-2-15(16-13-27-8-4-7-22-19(27)24-16)23-17(28)14-25-9-11-26(12-10-25)18-20-5-3-6-21-18/h3-8,13,15H,2,9-12,14H2,1H3,(H,23,28)/t15-/m1/s1. The zero-order chi connectivity index (χ0) is 19.3. The first-order valence-electron chi connectivity index (χ1n) is 9.56. The van der Waals surface area contributed by atoms with Crippen LogP contribution in [0.5, 0.6) is 0 Å². The molecule has 3 aromatic rings. The lowest BCUT2D eigenvalue weighted by Gasteiger charge is -2.34. The average molecular weight is 380 g/mol. The van der Waals surface area contributed by atoms with E-state index in [1.54, 1.807) is 18.6 Å². The van der Waals surface area contributed by atoms with Crippen molar-refractivity contribution in [2.24, 2.45) is 0 Å². The van der Waals surface area contributed by atoms with Crippen LogP contribution >= 0.6 is 0 Å². The number of piperazine rings is 1. The van der Waals surface area contributed by atoms with Crippen LogP contribution < -0.4 is 10.2 Å². The van der Waals surface area contributed by atoms with Gasteiger partial charge < -0.3 is 10.2 Å². The van der Waals surface area contributed by atoms with Crippen LogP contribution in [0.25, 0.3) is 5.78 Å². The predicted octanol–water partition coefficient (Wildman–Crippen LogP) is 0.909. The summed E-state index contributed by atoms with van der Waals surface area (Å²) >= 11 is 0. The van der Waals surface area contributed by atoms with Gasteiger partial charge in [-0.15, -0.1) is 0 Å². The summed E-state index contributed by atoms with van der Waals surface area (Å²) in [6.07, 6.45) is 9.82. The van der Waals surface area contributed by atoms with Crippen molar-refractivity contribution in [2.75, 3.05) is 37.6 Å². The minimum absolute atomic E-state index is 0.0151. The second kappa shape index (κ2) is 8.30. The average Bonchev–Trinajstić information content (AvgIpc) is 3.17. The Morgan fingerprint density at radius 1 is 1.11 bits per heavy atom. The fraction of sp³-hybridized carbons (Fsp3) is 0.421. The number of amides is 1. The Hall–Kier alpha value is -3.07. The van der Waals surface area contributed by atoms with Gasteiger partial charge >= 0.3 is 0 Å². The molecule has 0 spiro atoms. The summed E-state index contributed by atoms with van der Waals surface area (Å²) in [4.78, 5) is 34.2. The van der Waals surface area contributed by atoms with Crippen LogP contribution in [0, 0.1) is 0 Å². The molecule has 0 bridgehead atoms. The van der Waals surface area contributed by atoms with Gasteiger partial charge in [0.05, 0.1) is 18.3 Å². The highest BCUT2D eigenvalue weighted by atomic mass is 16.2. The summed E-state index contributed by atoms with van der Waals surface area (Å²) < 4.78 is 1.87. The quantitative estimate of drug-likeness (QED) is 0.679. The van der Waals surface area contributed by atoms with Gasteiger partial charge in [-0.25, -0.2) is 19.9 Å². The lowest BCUT2D eigenvalue weighted by molar-refractivity contribution is -0.123. The molecule has 1 atom stereocenters. The van der Waals surface area contributed by atoms with E-state index in [1.807, 2.05) is 35.9 Å². The Morgan fingerprint density at radius 3 is 2.57 bits per heavy atom. The van der Waals surface area contributed by atoms with Crippen molar-refractivity contribution >= 4 is 17.6 Å². The second-order valence-corrected chi connectivity index (χ2v) is 6.83. The molecule has 1 saturated heterocycles. The number of rotatable bonds is 6. The van der Waals surface area contributed by atoms with E-state index in [-0.39, 0.29) is 11.9 Å². The number of imidazole rings is 1. The van der Waals surface area contributed by atoms with E-state index in [9.17, 15) is 4.79 Å². The highest BCUT2D eigenvalue weighted by Crippen LogP contribution is 2.16. The molecule has 1 aliphatic rings. The molecular formula is C19H24N8O. The number of nitrogens with one attached hydrogen (secondary N) is 1. The van der Waals surface area contributed by atoms with Crippen molar-refractivity contribution in [3.8, 4) is 0 Å². The summed E-state index contributed by atoms with van der Waals surface area (Å²) in [5, 5.41) is 3.11. The van der Waals surface area contributed by atoms with E-state index in [0.29, 0.717) is 12.3 Å². The Balaban J connectivity index is 1.31. The Labute approximate surface area is 163 Å². The topological polar surface area (TPSA) is 91.6 Å². The SMILES string of the molecule is CC[C@@H](NC(=O)CN1CCN(c2ncccn2)CC1)c1cn2cccnc2n1. The number of fused-ring (bicyclic) bond motifs is 1. The van der Waals surface area contributed by atoms with Gasteiger partial charge in [0.25, 0.3) is 0 Å². The van der Waals surface area contributed by atoms with Gasteiger partial charge in [-0.3, -0.25) is 14.1 Å². The van der Waals surface area contributed by atoms with Crippen LogP contribution in [0.1, 0.15) is 25.1 Å². The maximum absolute atomic E-state index is 12.6. The molecule has 0 unspecified atom stereocenters. The first-order valence-corrected chi connectivity index (χ1v) is 9.56. The molecule has 3 aromatic heterocycles. The first-order chi connectivity index (χ1) is 13.7. The third-order valence-electron chi connectivity index (χ3n) is 4.93.